The number of hydrogen-bond acceptors (Lipinski definition) is 4. The minimum absolute atomic E-state index is 0.0270. The monoisotopic (exact) mass is 400 g/mol. The van der Waals surface area contributed by atoms with Gasteiger partial charge in [-0.1, -0.05) is 46.3 Å². The van der Waals surface area contributed by atoms with E-state index in [1.54, 1.807) is 24.3 Å². The van der Waals surface area contributed by atoms with Crippen LogP contribution in [-0.4, -0.2) is 22.0 Å². The largest absolute Gasteiger partial charge is 0.290 e. The van der Waals surface area contributed by atoms with Crippen LogP contribution in [0.1, 0.15) is 16.1 Å². The van der Waals surface area contributed by atoms with Crippen molar-refractivity contribution in [2.45, 2.75) is 6.42 Å². The summed E-state index contributed by atoms with van der Waals surface area (Å²) in [5, 5.41) is 6.80. The van der Waals surface area contributed by atoms with E-state index in [1.165, 1.54) is 0 Å². The molecule has 2 amide bonds. The molecule has 3 rings (SSSR count). The molecular weight excluding hydrogens is 388 g/mol. The molecule has 8 heteroatoms. The number of fused-ring (bicyclic) bond motifs is 1. The molecule has 0 spiro atoms. The van der Waals surface area contributed by atoms with Gasteiger partial charge in [-0.2, -0.15) is 5.10 Å². The van der Waals surface area contributed by atoms with Gasteiger partial charge in [-0.15, -0.1) is 0 Å². The average Bonchev–Trinajstić information content (AvgIpc) is 2.62. The Labute approximate surface area is 150 Å². The first-order valence-electron chi connectivity index (χ1n) is 7.35. The minimum Gasteiger partial charge on any atom is -0.273 e. The van der Waals surface area contributed by atoms with E-state index in [4.69, 9.17) is 0 Å². The Bertz CT molecular complexity index is 999. The van der Waals surface area contributed by atoms with Crippen molar-refractivity contribution in [1.82, 2.24) is 21.0 Å². The van der Waals surface area contributed by atoms with Crippen molar-refractivity contribution in [1.29, 1.82) is 0 Å². The van der Waals surface area contributed by atoms with Gasteiger partial charge in [0.15, 0.2) is 5.69 Å². The topological polar surface area (TPSA) is 104 Å². The zero-order chi connectivity index (χ0) is 17.8. The van der Waals surface area contributed by atoms with Crippen molar-refractivity contribution in [3.63, 3.8) is 0 Å². The number of H-pyrrole nitrogens is 1. The molecule has 0 aliphatic heterocycles. The number of benzene rings is 2. The number of hydrogen-bond donors (Lipinski definition) is 3. The summed E-state index contributed by atoms with van der Waals surface area (Å²) >= 11 is 3.32. The highest BCUT2D eigenvalue weighted by Crippen LogP contribution is 2.12. The Morgan fingerprint density at radius 3 is 2.40 bits per heavy atom. The quantitative estimate of drug-likeness (QED) is 0.581. The molecule has 0 aliphatic carbocycles. The van der Waals surface area contributed by atoms with Gasteiger partial charge in [0.1, 0.15) is 0 Å². The normalized spacial score (nSPS) is 10.4. The Balaban J connectivity index is 1.69. The molecule has 0 saturated heterocycles. The van der Waals surface area contributed by atoms with E-state index in [0.29, 0.717) is 10.8 Å². The molecule has 1 aromatic heterocycles. The number of nitrogens with one attached hydrogen (secondary N) is 3. The maximum atomic E-state index is 12.3. The van der Waals surface area contributed by atoms with Crippen molar-refractivity contribution < 1.29 is 9.59 Å². The maximum absolute atomic E-state index is 12.3. The van der Waals surface area contributed by atoms with Gasteiger partial charge in [0.05, 0.1) is 11.8 Å². The molecule has 1 heterocycles. The van der Waals surface area contributed by atoms with E-state index in [0.717, 1.165) is 10.0 Å². The van der Waals surface area contributed by atoms with Crippen LogP contribution in [0.4, 0.5) is 0 Å². The fraction of sp³-hybridized carbons (Fsp3) is 0.0588. The number of aromatic amines is 1. The summed E-state index contributed by atoms with van der Waals surface area (Å²) in [6, 6.07) is 13.9. The second-order valence-corrected chi connectivity index (χ2v) is 6.17. The SMILES string of the molecule is O=C(Cc1ccc(Br)cc1)NNC(=O)c1n[nH]c(=O)c2ccccc12. The van der Waals surface area contributed by atoms with Crippen LogP contribution in [0, 0.1) is 0 Å². The minimum atomic E-state index is -0.614. The predicted octanol–water partition coefficient (Wildman–Crippen LogP) is 1.69. The number of hydrazine groups is 1. The van der Waals surface area contributed by atoms with Crippen molar-refractivity contribution >= 4 is 38.5 Å². The number of amides is 2. The fourth-order valence-corrected chi connectivity index (χ4v) is 2.57. The average molecular weight is 401 g/mol. The highest BCUT2D eigenvalue weighted by Gasteiger charge is 2.14. The molecule has 0 unspecified atom stereocenters. The second-order valence-electron chi connectivity index (χ2n) is 5.25. The van der Waals surface area contributed by atoms with E-state index >= 15 is 0 Å². The van der Waals surface area contributed by atoms with Crippen LogP contribution in [0.5, 0.6) is 0 Å². The van der Waals surface area contributed by atoms with Gasteiger partial charge in [0.2, 0.25) is 5.91 Å². The Kier molecular flexibility index (Phi) is 4.90. The number of carbonyl (C=O) groups excluding carboxylic acids is 2. The molecule has 0 atom stereocenters. The van der Waals surface area contributed by atoms with Gasteiger partial charge in [0, 0.05) is 9.86 Å². The van der Waals surface area contributed by atoms with Crippen molar-refractivity contribution in [2.24, 2.45) is 0 Å². The molecule has 0 saturated carbocycles. The highest BCUT2D eigenvalue weighted by molar-refractivity contribution is 9.10. The zero-order valence-electron chi connectivity index (χ0n) is 12.9. The summed E-state index contributed by atoms with van der Waals surface area (Å²) in [7, 11) is 0. The second kappa shape index (κ2) is 7.27. The van der Waals surface area contributed by atoms with Crippen LogP contribution >= 0.6 is 15.9 Å². The molecule has 0 radical (unpaired) electrons. The van der Waals surface area contributed by atoms with E-state index in [9.17, 15) is 14.4 Å². The van der Waals surface area contributed by atoms with Crippen LogP contribution in [-0.2, 0) is 11.2 Å². The molecule has 2 aromatic carbocycles. The number of aromatic nitrogens is 2. The third kappa shape index (κ3) is 3.92. The molecule has 0 aliphatic rings. The molecule has 7 nitrogen and oxygen atoms in total. The van der Waals surface area contributed by atoms with Crippen LogP contribution in [0.3, 0.4) is 0 Å². The standard InChI is InChI=1S/C17H13BrN4O3/c18-11-7-5-10(6-8-11)9-14(23)19-22-17(25)15-12-3-1-2-4-13(12)16(24)21-20-15/h1-8H,9H2,(H,19,23)(H,21,24)(H,22,25). The smallest absolute Gasteiger partial charge is 0.273 e. The highest BCUT2D eigenvalue weighted by atomic mass is 79.9. The van der Waals surface area contributed by atoms with E-state index in [1.807, 2.05) is 24.3 Å². The van der Waals surface area contributed by atoms with E-state index < -0.39 is 5.91 Å². The molecule has 126 valence electrons. The molecule has 25 heavy (non-hydrogen) atoms. The van der Waals surface area contributed by atoms with E-state index in [2.05, 4.69) is 37.0 Å². The van der Waals surface area contributed by atoms with Gasteiger partial charge in [-0.25, -0.2) is 5.10 Å². The lowest BCUT2D eigenvalue weighted by Gasteiger charge is -2.08. The molecule has 0 fully saturated rings. The molecule has 0 bridgehead atoms. The van der Waals surface area contributed by atoms with Gasteiger partial charge >= 0.3 is 0 Å². The Hall–Kier alpha value is -3.00. The summed E-state index contributed by atoms with van der Waals surface area (Å²) in [5.41, 5.74) is 5.10. The molecule has 3 aromatic rings. The van der Waals surface area contributed by atoms with Crippen LogP contribution < -0.4 is 16.4 Å². The first-order valence-corrected chi connectivity index (χ1v) is 8.15. The zero-order valence-corrected chi connectivity index (χ0v) is 14.5. The first-order chi connectivity index (χ1) is 12.0. The van der Waals surface area contributed by atoms with Gasteiger partial charge < -0.3 is 0 Å². The lowest BCUT2D eigenvalue weighted by atomic mass is 10.1. The predicted molar refractivity (Wildman–Crippen MR) is 95.8 cm³/mol. The summed E-state index contributed by atoms with van der Waals surface area (Å²) < 4.78 is 0.918. The van der Waals surface area contributed by atoms with Crippen LogP contribution in [0.2, 0.25) is 0 Å². The third-order valence-corrected chi connectivity index (χ3v) is 4.03. The summed E-state index contributed by atoms with van der Waals surface area (Å²) in [6.45, 7) is 0. The van der Waals surface area contributed by atoms with Gasteiger partial charge in [0.25, 0.3) is 11.5 Å². The lowest BCUT2D eigenvalue weighted by molar-refractivity contribution is -0.121. The molecule has 3 N–H and O–H groups in total. The van der Waals surface area contributed by atoms with Crippen LogP contribution in [0.25, 0.3) is 10.8 Å². The lowest BCUT2D eigenvalue weighted by Crippen LogP contribution is -2.43. The summed E-state index contributed by atoms with van der Waals surface area (Å²) in [4.78, 5) is 35.9. The van der Waals surface area contributed by atoms with E-state index in [-0.39, 0.29) is 23.6 Å². The van der Waals surface area contributed by atoms with Crippen molar-refractivity contribution in [2.75, 3.05) is 0 Å². The van der Waals surface area contributed by atoms with Gasteiger partial charge in [-0.05, 0) is 23.8 Å². The molecular formula is C17H13BrN4O3. The number of carbonyl (C=O) groups is 2. The van der Waals surface area contributed by atoms with Crippen molar-refractivity contribution in [3.8, 4) is 0 Å². The summed E-state index contributed by atoms with van der Waals surface area (Å²) in [6.07, 6.45) is 0.118. The third-order valence-electron chi connectivity index (χ3n) is 3.50. The first kappa shape index (κ1) is 16.8. The number of rotatable bonds is 3. The Morgan fingerprint density at radius 2 is 1.68 bits per heavy atom. The summed E-state index contributed by atoms with van der Waals surface area (Å²) in [5.74, 6) is -0.985. The number of nitrogens with zero attached hydrogens (tertiary/aromatic N) is 1. The maximum Gasteiger partial charge on any atom is 0.290 e. The Morgan fingerprint density at radius 1 is 1.00 bits per heavy atom. The van der Waals surface area contributed by atoms with Crippen LogP contribution in [0.15, 0.2) is 57.8 Å². The number of halogens is 1. The fourth-order valence-electron chi connectivity index (χ4n) is 2.31. The van der Waals surface area contributed by atoms with Crippen molar-refractivity contribution in [3.05, 3.63) is 74.6 Å². The van der Waals surface area contributed by atoms with Gasteiger partial charge in [-0.3, -0.25) is 25.2 Å².